The molecule has 0 bridgehead atoms. The van der Waals surface area contributed by atoms with E-state index in [0.717, 1.165) is 48.3 Å². The molecule has 2 aromatic heterocycles. The van der Waals surface area contributed by atoms with Crippen LogP contribution in [0.15, 0.2) is 30.3 Å². The van der Waals surface area contributed by atoms with Crippen LogP contribution in [0.25, 0.3) is 4.96 Å². The van der Waals surface area contributed by atoms with Gasteiger partial charge in [-0.2, -0.15) is 4.52 Å². The number of quaternary nitrogens is 2. The molecule has 4 rings (SSSR count). The molecule has 0 saturated carbocycles. The van der Waals surface area contributed by atoms with Crippen molar-refractivity contribution in [1.82, 2.24) is 14.6 Å². The van der Waals surface area contributed by atoms with Crippen LogP contribution in [0.4, 0.5) is 0 Å². The Morgan fingerprint density at radius 3 is 2.56 bits per heavy atom. The van der Waals surface area contributed by atoms with Gasteiger partial charge in [0.1, 0.15) is 31.1 Å². The Bertz CT molecular complexity index is 851. The summed E-state index contributed by atoms with van der Waals surface area (Å²) in [5.41, 5.74) is 1.24. The number of fused-ring (bicyclic) bond motifs is 1. The average Bonchev–Trinajstić information content (AvgIpc) is 3.18. The number of aryl methyl sites for hydroxylation is 1. The molecule has 1 aromatic carbocycles. The van der Waals surface area contributed by atoms with Gasteiger partial charge in [-0.15, -0.1) is 5.10 Å². The number of aromatic nitrogens is 3. The lowest BCUT2D eigenvalue weighted by Gasteiger charge is -2.33. The molecule has 3 heterocycles. The van der Waals surface area contributed by atoms with E-state index in [1.165, 1.54) is 10.5 Å². The van der Waals surface area contributed by atoms with E-state index >= 15 is 0 Å². The molecule has 0 spiro atoms. The third kappa shape index (κ3) is 3.03. The Hall–Kier alpha value is -1.96. The van der Waals surface area contributed by atoms with Crippen molar-refractivity contribution in [3.05, 3.63) is 46.6 Å². The molecule has 132 valence electrons. The molecule has 6 nitrogen and oxygen atoms in total. The normalized spacial score (nSPS) is 22.3. The first-order valence-electron chi connectivity index (χ1n) is 8.95. The molecule has 0 radical (unpaired) electrons. The van der Waals surface area contributed by atoms with Gasteiger partial charge in [0, 0.05) is 12.0 Å². The molecule has 0 amide bonds. The van der Waals surface area contributed by atoms with Gasteiger partial charge < -0.3 is 14.9 Å². The van der Waals surface area contributed by atoms with E-state index in [-0.39, 0.29) is 11.9 Å². The van der Waals surface area contributed by atoms with Crippen LogP contribution in [-0.2, 0) is 6.42 Å². The second kappa shape index (κ2) is 6.74. The number of rotatable bonds is 4. The quantitative estimate of drug-likeness (QED) is 0.592. The highest BCUT2D eigenvalue weighted by Gasteiger charge is 2.35. The Morgan fingerprint density at radius 1 is 1.20 bits per heavy atom. The van der Waals surface area contributed by atoms with Gasteiger partial charge in [0.15, 0.2) is 11.9 Å². The van der Waals surface area contributed by atoms with E-state index in [0.29, 0.717) is 0 Å². The van der Waals surface area contributed by atoms with E-state index in [9.17, 15) is 5.11 Å². The highest BCUT2D eigenvalue weighted by Crippen LogP contribution is 2.34. The number of aromatic hydroxyl groups is 1. The van der Waals surface area contributed by atoms with Crippen molar-refractivity contribution in [2.45, 2.75) is 19.4 Å². The molecule has 7 heteroatoms. The topological polar surface area (TPSA) is 59.3 Å². The van der Waals surface area contributed by atoms with Crippen LogP contribution in [-0.4, -0.2) is 52.9 Å². The lowest BCUT2D eigenvalue weighted by molar-refractivity contribution is -1.02. The fraction of sp³-hybridized carbons (Fsp3) is 0.444. The van der Waals surface area contributed by atoms with Crippen LogP contribution in [0.3, 0.4) is 0 Å². The standard InChI is InChI=1S/C18H23N5OS/c1-3-14-19-18-23(20-14)17(24)16(25-18)15(13-7-5-4-6-8-13)22-11-9-21(2)10-12-22/h4-8,15,24H,3,9-12H2,1-2H3/p+2/t15-/m1/s1. The minimum absolute atomic E-state index is 0.132. The fourth-order valence-electron chi connectivity index (χ4n) is 3.63. The Labute approximate surface area is 151 Å². The van der Waals surface area contributed by atoms with Crippen molar-refractivity contribution in [3.8, 4) is 5.88 Å². The van der Waals surface area contributed by atoms with E-state index < -0.39 is 0 Å². The van der Waals surface area contributed by atoms with Crippen molar-refractivity contribution in [1.29, 1.82) is 0 Å². The molecule has 0 aliphatic carbocycles. The summed E-state index contributed by atoms with van der Waals surface area (Å²) in [6.45, 7) is 6.53. The minimum Gasteiger partial charge on any atom is -0.492 e. The van der Waals surface area contributed by atoms with Crippen LogP contribution < -0.4 is 9.80 Å². The van der Waals surface area contributed by atoms with Gasteiger partial charge in [-0.05, 0) is 0 Å². The lowest BCUT2D eigenvalue weighted by atomic mass is 10.0. The van der Waals surface area contributed by atoms with Crippen molar-refractivity contribution >= 4 is 16.3 Å². The molecular weight excluding hydrogens is 334 g/mol. The molecule has 1 saturated heterocycles. The first kappa shape index (κ1) is 16.5. The zero-order valence-corrected chi connectivity index (χ0v) is 15.5. The molecule has 0 unspecified atom stereocenters. The van der Waals surface area contributed by atoms with E-state index in [1.807, 2.05) is 13.0 Å². The largest absolute Gasteiger partial charge is 0.492 e. The lowest BCUT2D eigenvalue weighted by Crippen LogP contribution is -3.27. The summed E-state index contributed by atoms with van der Waals surface area (Å²) in [5, 5.41) is 15.3. The van der Waals surface area contributed by atoms with Crippen LogP contribution in [0.5, 0.6) is 5.88 Å². The molecule has 1 aliphatic heterocycles. The SMILES string of the molecule is CCc1nc2sc([C@@H](c3ccccc3)[NH+]3CC[NH+](C)CC3)c(O)n2n1. The number of thiazole rings is 1. The second-order valence-corrected chi connectivity index (χ2v) is 7.83. The molecule has 3 aromatic rings. The summed E-state index contributed by atoms with van der Waals surface area (Å²) < 4.78 is 1.61. The van der Waals surface area contributed by atoms with Crippen LogP contribution in [0.2, 0.25) is 0 Å². The Kier molecular flexibility index (Phi) is 4.45. The maximum Gasteiger partial charge on any atom is 0.235 e. The van der Waals surface area contributed by atoms with Crippen LogP contribution in [0, 0.1) is 0 Å². The number of likely N-dealkylation sites (N-methyl/N-ethyl adjacent to an activating group) is 1. The molecule has 25 heavy (non-hydrogen) atoms. The number of nitrogens with zero attached hydrogens (tertiary/aromatic N) is 3. The smallest absolute Gasteiger partial charge is 0.235 e. The van der Waals surface area contributed by atoms with Gasteiger partial charge in [0.05, 0.1) is 7.05 Å². The summed E-state index contributed by atoms with van der Waals surface area (Å²) in [5.74, 6) is 1.03. The molecule has 1 atom stereocenters. The second-order valence-electron chi connectivity index (χ2n) is 6.82. The highest BCUT2D eigenvalue weighted by molar-refractivity contribution is 7.17. The Morgan fingerprint density at radius 2 is 1.92 bits per heavy atom. The maximum absolute atomic E-state index is 10.9. The number of hydrogen-bond donors (Lipinski definition) is 3. The number of nitrogens with one attached hydrogen (secondary N) is 2. The monoisotopic (exact) mass is 359 g/mol. The maximum atomic E-state index is 10.9. The van der Waals surface area contributed by atoms with Gasteiger partial charge in [-0.3, -0.25) is 0 Å². The predicted molar refractivity (Wildman–Crippen MR) is 97.5 cm³/mol. The zero-order chi connectivity index (χ0) is 17.4. The molecule has 3 N–H and O–H groups in total. The summed E-state index contributed by atoms with van der Waals surface area (Å²) in [6.07, 6.45) is 0.776. The van der Waals surface area contributed by atoms with Crippen molar-refractivity contribution in [2.24, 2.45) is 0 Å². The summed E-state index contributed by atoms with van der Waals surface area (Å²) in [4.78, 5) is 9.38. The molecular formula is C18H25N5OS+2. The van der Waals surface area contributed by atoms with Crippen molar-refractivity contribution in [2.75, 3.05) is 33.2 Å². The van der Waals surface area contributed by atoms with Gasteiger partial charge >= 0.3 is 0 Å². The van der Waals surface area contributed by atoms with E-state index in [1.54, 1.807) is 20.8 Å². The van der Waals surface area contributed by atoms with E-state index in [4.69, 9.17) is 0 Å². The average molecular weight is 359 g/mol. The third-order valence-corrected chi connectivity index (χ3v) is 6.19. The molecule has 1 fully saturated rings. The fourth-order valence-corrected chi connectivity index (χ4v) is 4.79. The third-order valence-electron chi connectivity index (χ3n) is 5.11. The summed E-state index contributed by atoms with van der Waals surface area (Å²) in [7, 11) is 2.25. The number of piperazine rings is 1. The first-order chi connectivity index (χ1) is 12.2. The van der Waals surface area contributed by atoms with Gasteiger partial charge in [0.2, 0.25) is 10.8 Å². The first-order valence-corrected chi connectivity index (χ1v) is 9.77. The van der Waals surface area contributed by atoms with E-state index in [2.05, 4.69) is 41.4 Å². The van der Waals surface area contributed by atoms with Crippen molar-refractivity contribution < 1.29 is 14.9 Å². The van der Waals surface area contributed by atoms with Gasteiger partial charge in [-0.25, -0.2) is 4.98 Å². The van der Waals surface area contributed by atoms with Crippen molar-refractivity contribution in [3.63, 3.8) is 0 Å². The predicted octanol–water partition coefficient (Wildman–Crippen LogP) is -0.439. The van der Waals surface area contributed by atoms with Crippen LogP contribution >= 0.6 is 11.3 Å². The molecule has 1 aliphatic rings. The Balaban J connectivity index is 1.78. The van der Waals surface area contributed by atoms with Crippen LogP contribution in [0.1, 0.15) is 29.2 Å². The summed E-state index contributed by atoms with van der Waals surface area (Å²) in [6, 6.07) is 10.7. The highest BCUT2D eigenvalue weighted by atomic mass is 32.1. The number of hydrogen-bond acceptors (Lipinski definition) is 4. The zero-order valence-electron chi connectivity index (χ0n) is 14.7. The minimum atomic E-state index is 0.132. The van der Waals surface area contributed by atoms with Gasteiger partial charge in [0.25, 0.3) is 0 Å². The van der Waals surface area contributed by atoms with Gasteiger partial charge in [-0.1, -0.05) is 48.6 Å². The summed E-state index contributed by atoms with van der Waals surface area (Å²) >= 11 is 1.57. The number of benzene rings is 1.